The summed E-state index contributed by atoms with van der Waals surface area (Å²) in [6.45, 7) is 3.07. The van der Waals surface area contributed by atoms with Crippen LogP contribution in [0, 0.1) is 5.82 Å². The van der Waals surface area contributed by atoms with Crippen LogP contribution in [0.2, 0.25) is 0 Å². The standard InChI is InChI=1S/C17H20BrFN2/c1-2-7-21-16(10-13-5-8-20-9-6-13)12-14-11-15(18)3-4-17(14)19/h3-6,8-9,11,16,21H,2,7,10,12H2,1H3. The summed E-state index contributed by atoms with van der Waals surface area (Å²) in [7, 11) is 0. The normalized spacial score (nSPS) is 12.3. The third kappa shape index (κ3) is 5.21. The van der Waals surface area contributed by atoms with Crippen LogP contribution < -0.4 is 5.32 Å². The molecule has 1 heterocycles. The highest BCUT2D eigenvalue weighted by atomic mass is 79.9. The molecule has 21 heavy (non-hydrogen) atoms. The zero-order valence-electron chi connectivity index (χ0n) is 12.2. The summed E-state index contributed by atoms with van der Waals surface area (Å²) in [5, 5.41) is 3.51. The van der Waals surface area contributed by atoms with Gasteiger partial charge in [-0.25, -0.2) is 4.39 Å². The van der Waals surface area contributed by atoms with E-state index in [1.807, 2.05) is 18.2 Å². The number of rotatable bonds is 7. The van der Waals surface area contributed by atoms with Gasteiger partial charge in [-0.1, -0.05) is 22.9 Å². The number of hydrogen-bond acceptors (Lipinski definition) is 2. The van der Waals surface area contributed by atoms with Gasteiger partial charge in [-0.2, -0.15) is 0 Å². The fourth-order valence-corrected chi connectivity index (χ4v) is 2.74. The van der Waals surface area contributed by atoms with E-state index >= 15 is 0 Å². The monoisotopic (exact) mass is 350 g/mol. The fourth-order valence-electron chi connectivity index (χ4n) is 2.33. The van der Waals surface area contributed by atoms with E-state index in [1.54, 1.807) is 18.5 Å². The van der Waals surface area contributed by atoms with Gasteiger partial charge in [0.05, 0.1) is 0 Å². The molecular formula is C17H20BrFN2. The summed E-state index contributed by atoms with van der Waals surface area (Å²) < 4.78 is 14.8. The van der Waals surface area contributed by atoms with Crippen LogP contribution >= 0.6 is 15.9 Å². The molecule has 0 radical (unpaired) electrons. The quantitative estimate of drug-likeness (QED) is 0.811. The largest absolute Gasteiger partial charge is 0.313 e. The van der Waals surface area contributed by atoms with Crippen molar-refractivity contribution in [2.75, 3.05) is 6.54 Å². The highest BCUT2D eigenvalue weighted by molar-refractivity contribution is 9.10. The highest BCUT2D eigenvalue weighted by Crippen LogP contribution is 2.18. The Labute approximate surface area is 133 Å². The van der Waals surface area contributed by atoms with E-state index in [-0.39, 0.29) is 11.9 Å². The number of halogens is 2. The van der Waals surface area contributed by atoms with Gasteiger partial charge in [0.2, 0.25) is 0 Å². The first kappa shape index (κ1) is 16.1. The van der Waals surface area contributed by atoms with E-state index in [0.29, 0.717) is 6.42 Å². The van der Waals surface area contributed by atoms with Crippen molar-refractivity contribution in [1.29, 1.82) is 0 Å². The molecule has 1 atom stereocenters. The van der Waals surface area contributed by atoms with Crippen LogP contribution in [0.3, 0.4) is 0 Å². The van der Waals surface area contributed by atoms with E-state index in [2.05, 4.69) is 33.2 Å². The number of pyridine rings is 1. The fraction of sp³-hybridized carbons (Fsp3) is 0.353. The molecule has 2 nitrogen and oxygen atoms in total. The molecule has 112 valence electrons. The zero-order chi connectivity index (χ0) is 15.1. The maximum Gasteiger partial charge on any atom is 0.126 e. The summed E-state index contributed by atoms with van der Waals surface area (Å²) in [4.78, 5) is 4.04. The van der Waals surface area contributed by atoms with Crippen molar-refractivity contribution in [3.63, 3.8) is 0 Å². The lowest BCUT2D eigenvalue weighted by Crippen LogP contribution is -2.34. The summed E-state index contributed by atoms with van der Waals surface area (Å²) >= 11 is 3.41. The average molecular weight is 351 g/mol. The molecule has 1 aromatic heterocycles. The van der Waals surface area contributed by atoms with Crippen molar-refractivity contribution in [1.82, 2.24) is 10.3 Å². The van der Waals surface area contributed by atoms with Gasteiger partial charge in [0.1, 0.15) is 5.82 Å². The van der Waals surface area contributed by atoms with E-state index in [9.17, 15) is 4.39 Å². The Morgan fingerprint density at radius 3 is 2.67 bits per heavy atom. The van der Waals surface area contributed by atoms with Crippen molar-refractivity contribution in [3.05, 3.63) is 64.1 Å². The maximum atomic E-state index is 13.9. The van der Waals surface area contributed by atoms with Crippen LogP contribution in [0.25, 0.3) is 0 Å². The van der Waals surface area contributed by atoms with Crippen molar-refractivity contribution < 1.29 is 4.39 Å². The molecule has 1 N–H and O–H groups in total. The molecule has 0 saturated carbocycles. The Morgan fingerprint density at radius 2 is 1.95 bits per heavy atom. The molecule has 0 aliphatic heterocycles. The summed E-state index contributed by atoms with van der Waals surface area (Å²) in [5.74, 6) is -0.142. The second-order valence-electron chi connectivity index (χ2n) is 5.15. The SMILES string of the molecule is CCCNC(Cc1ccncc1)Cc1cc(Br)ccc1F. The Kier molecular flexibility index (Phi) is 6.33. The molecule has 1 aromatic carbocycles. The molecule has 1 unspecified atom stereocenters. The molecule has 0 saturated heterocycles. The van der Waals surface area contributed by atoms with E-state index in [4.69, 9.17) is 0 Å². The Hall–Kier alpha value is -1.26. The van der Waals surface area contributed by atoms with Gasteiger partial charge in [-0.15, -0.1) is 0 Å². The minimum absolute atomic E-state index is 0.142. The van der Waals surface area contributed by atoms with E-state index < -0.39 is 0 Å². The maximum absolute atomic E-state index is 13.9. The van der Waals surface area contributed by atoms with Crippen LogP contribution in [0.5, 0.6) is 0 Å². The van der Waals surface area contributed by atoms with Crippen molar-refractivity contribution >= 4 is 15.9 Å². The average Bonchev–Trinajstić information content (AvgIpc) is 2.49. The lowest BCUT2D eigenvalue weighted by atomic mass is 9.99. The Balaban J connectivity index is 2.10. The predicted molar refractivity (Wildman–Crippen MR) is 87.8 cm³/mol. The lowest BCUT2D eigenvalue weighted by Gasteiger charge is -2.19. The minimum Gasteiger partial charge on any atom is -0.313 e. The van der Waals surface area contributed by atoms with Crippen LogP contribution in [0.1, 0.15) is 24.5 Å². The van der Waals surface area contributed by atoms with Crippen molar-refractivity contribution in [2.24, 2.45) is 0 Å². The molecule has 0 bridgehead atoms. The first-order valence-electron chi connectivity index (χ1n) is 7.25. The first-order valence-corrected chi connectivity index (χ1v) is 8.04. The molecule has 0 spiro atoms. The summed E-state index contributed by atoms with van der Waals surface area (Å²) in [6.07, 6.45) is 6.20. The van der Waals surface area contributed by atoms with Gasteiger partial charge in [-0.05, 0) is 67.3 Å². The number of nitrogens with one attached hydrogen (secondary N) is 1. The lowest BCUT2D eigenvalue weighted by molar-refractivity contribution is 0.492. The predicted octanol–water partition coefficient (Wildman–Crippen LogP) is 4.14. The number of aromatic nitrogens is 1. The summed E-state index contributed by atoms with van der Waals surface area (Å²) in [6, 6.07) is 9.35. The van der Waals surface area contributed by atoms with Crippen LogP contribution in [-0.2, 0) is 12.8 Å². The molecular weight excluding hydrogens is 331 g/mol. The van der Waals surface area contributed by atoms with Gasteiger partial charge >= 0.3 is 0 Å². The third-order valence-electron chi connectivity index (χ3n) is 3.39. The van der Waals surface area contributed by atoms with Crippen molar-refractivity contribution in [3.8, 4) is 0 Å². The topological polar surface area (TPSA) is 24.9 Å². The van der Waals surface area contributed by atoms with Gasteiger partial charge < -0.3 is 5.32 Å². The van der Waals surface area contributed by atoms with Crippen LogP contribution in [-0.4, -0.2) is 17.6 Å². The molecule has 0 fully saturated rings. The van der Waals surface area contributed by atoms with Gasteiger partial charge in [-0.3, -0.25) is 4.98 Å². The third-order valence-corrected chi connectivity index (χ3v) is 3.88. The summed E-state index contributed by atoms with van der Waals surface area (Å²) in [5.41, 5.74) is 1.96. The van der Waals surface area contributed by atoms with E-state index in [1.165, 1.54) is 11.6 Å². The number of hydrogen-bond donors (Lipinski definition) is 1. The molecule has 0 amide bonds. The second-order valence-corrected chi connectivity index (χ2v) is 6.07. The van der Waals surface area contributed by atoms with Crippen LogP contribution in [0.15, 0.2) is 47.2 Å². The molecule has 2 aromatic rings. The highest BCUT2D eigenvalue weighted by Gasteiger charge is 2.13. The Morgan fingerprint density at radius 1 is 1.19 bits per heavy atom. The smallest absolute Gasteiger partial charge is 0.126 e. The second kappa shape index (κ2) is 8.25. The molecule has 0 aliphatic carbocycles. The Bertz CT molecular complexity index is 560. The van der Waals surface area contributed by atoms with Crippen LogP contribution in [0.4, 0.5) is 4.39 Å². The molecule has 0 aliphatic rings. The number of nitrogens with zero attached hydrogens (tertiary/aromatic N) is 1. The zero-order valence-corrected chi connectivity index (χ0v) is 13.7. The van der Waals surface area contributed by atoms with E-state index in [0.717, 1.165) is 29.4 Å². The molecule has 2 rings (SSSR count). The van der Waals surface area contributed by atoms with Gasteiger partial charge in [0, 0.05) is 22.9 Å². The van der Waals surface area contributed by atoms with Gasteiger partial charge in [0.25, 0.3) is 0 Å². The first-order chi connectivity index (χ1) is 10.2. The number of benzene rings is 1. The minimum atomic E-state index is -0.142. The molecule has 4 heteroatoms. The van der Waals surface area contributed by atoms with Gasteiger partial charge in [0.15, 0.2) is 0 Å². The van der Waals surface area contributed by atoms with Crippen molar-refractivity contribution in [2.45, 2.75) is 32.2 Å².